The first-order chi connectivity index (χ1) is 8.63. The van der Waals surface area contributed by atoms with Gasteiger partial charge in [0.25, 0.3) is 0 Å². The molecule has 3 N–H and O–H groups in total. The molecule has 2 aromatic rings. The van der Waals surface area contributed by atoms with Crippen LogP contribution in [0.4, 0.5) is 5.82 Å². The van der Waals surface area contributed by atoms with Gasteiger partial charge in [-0.3, -0.25) is 5.10 Å². The lowest BCUT2D eigenvalue weighted by atomic mass is 9.94. The fourth-order valence-corrected chi connectivity index (χ4v) is 2.41. The van der Waals surface area contributed by atoms with E-state index in [-0.39, 0.29) is 0 Å². The lowest BCUT2D eigenvalue weighted by Gasteiger charge is -2.11. The molecule has 0 aliphatic carbocycles. The topological polar surface area (TPSA) is 54.7 Å². The van der Waals surface area contributed by atoms with Crippen LogP contribution in [0.1, 0.15) is 43.9 Å². The van der Waals surface area contributed by atoms with E-state index in [1.807, 2.05) is 0 Å². The summed E-state index contributed by atoms with van der Waals surface area (Å²) in [4.78, 5) is 0. The Balaban J connectivity index is 2.47. The number of nitrogen functional groups attached to an aromatic ring is 1. The number of aromatic nitrogens is 2. The van der Waals surface area contributed by atoms with Gasteiger partial charge in [0.05, 0.1) is 0 Å². The standard InChI is InChI=1S/C15H21N3/c1-4-6-11(3)14-13(15(16)18-17-14)12-8-5-7-10(2)9-12/h5,7-9,11H,4,6H2,1-3H3,(H3,16,17,18). The van der Waals surface area contributed by atoms with Gasteiger partial charge >= 0.3 is 0 Å². The molecule has 0 aliphatic rings. The van der Waals surface area contributed by atoms with E-state index < -0.39 is 0 Å². The number of aromatic amines is 1. The number of benzene rings is 1. The molecular weight excluding hydrogens is 222 g/mol. The van der Waals surface area contributed by atoms with Crippen LogP contribution in [0.15, 0.2) is 24.3 Å². The minimum atomic E-state index is 0.454. The number of hydrogen-bond donors (Lipinski definition) is 2. The molecule has 0 spiro atoms. The van der Waals surface area contributed by atoms with E-state index in [1.165, 1.54) is 5.56 Å². The lowest BCUT2D eigenvalue weighted by Crippen LogP contribution is -1.97. The first kappa shape index (κ1) is 12.7. The van der Waals surface area contributed by atoms with E-state index in [0.29, 0.717) is 11.7 Å². The van der Waals surface area contributed by atoms with Crippen molar-refractivity contribution in [1.29, 1.82) is 0 Å². The van der Waals surface area contributed by atoms with Crippen LogP contribution in [0.3, 0.4) is 0 Å². The third-order valence-electron chi connectivity index (χ3n) is 3.34. The van der Waals surface area contributed by atoms with Crippen LogP contribution in [-0.2, 0) is 0 Å². The van der Waals surface area contributed by atoms with Crippen molar-refractivity contribution in [3.8, 4) is 11.1 Å². The van der Waals surface area contributed by atoms with Crippen molar-refractivity contribution in [2.45, 2.75) is 39.5 Å². The zero-order valence-corrected chi connectivity index (χ0v) is 11.3. The number of anilines is 1. The summed E-state index contributed by atoms with van der Waals surface area (Å²) in [5.74, 6) is 1.05. The summed E-state index contributed by atoms with van der Waals surface area (Å²) in [5.41, 5.74) is 10.6. The van der Waals surface area contributed by atoms with E-state index in [4.69, 9.17) is 5.73 Å². The minimum Gasteiger partial charge on any atom is -0.382 e. The number of rotatable bonds is 4. The highest BCUT2D eigenvalue weighted by molar-refractivity contribution is 5.77. The summed E-state index contributed by atoms with van der Waals surface area (Å²) < 4.78 is 0. The molecule has 1 aromatic carbocycles. The summed E-state index contributed by atoms with van der Waals surface area (Å²) in [6, 6.07) is 8.40. The summed E-state index contributed by atoms with van der Waals surface area (Å²) >= 11 is 0. The second kappa shape index (κ2) is 5.25. The molecule has 0 fully saturated rings. The van der Waals surface area contributed by atoms with Gasteiger partial charge in [0, 0.05) is 11.3 Å². The summed E-state index contributed by atoms with van der Waals surface area (Å²) in [5, 5.41) is 7.28. The van der Waals surface area contributed by atoms with Gasteiger partial charge < -0.3 is 5.73 Å². The fraction of sp³-hybridized carbons (Fsp3) is 0.400. The quantitative estimate of drug-likeness (QED) is 0.856. The number of H-pyrrole nitrogens is 1. The molecule has 0 saturated carbocycles. The largest absolute Gasteiger partial charge is 0.382 e. The molecule has 2 rings (SSSR count). The van der Waals surface area contributed by atoms with Gasteiger partial charge in [0.2, 0.25) is 0 Å². The van der Waals surface area contributed by atoms with Crippen LogP contribution < -0.4 is 5.73 Å². The predicted octanol–water partition coefficient (Wildman–Crippen LogP) is 3.87. The van der Waals surface area contributed by atoms with Crippen molar-refractivity contribution in [3.63, 3.8) is 0 Å². The van der Waals surface area contributed by atoms with E-state index in [0.717, 1.165) is 29.7 Å². The molecule has 3 heteroatoms. The van der Waals surface area contributed by atoms with Crippen molar-refractivity contribution in [2.75, 3.05) is 5.73 Å². The lowest BCUT2D eigenvalue weighted by molar-refractivity contribution is 0.646. The molecule has 96 valence electrons. The molecule has 18 heavy (non-hydrogen) atoms. The van der Waals surface area contributed by atoms with Gasteiger partial charge in [-0.05, 0) is 24.8 Å². The molecule has 1 unspecified atom stereocenters. The Hall–Kier alpha value is -1.77. The zero-order chi connectivity index (χ0) is 13.1. The molecule has 0 bridgehead atoms. The molecule has 0 saturated heterocycles. The zero-order valence-electron chi connectivity index (χ0n) is 11.3. The average molecular weight is 243 g/mol. The van der Waals surface area contributed by atoms with E-state index >= 15 is 0 Å². The number of nitrogens with zero attached hydrogens (tertiary/aromatic N) is 1. The molecule has 1 atom stereocenters. The maximum Gasteiger partial charge on any atom is 0.153 e. The first-order valence-corrected chi connectivity index (χ1v) is 6.54. The van der Waals surface area contributed by atoms with Gasteiger partial charge in [-0.25, -0.2) is 0 Å². The van der Waals surface area contributed by atoms with Crippen molar-refractivity contribution >= 4 is 5.82 Å². The van der Waals surface area contributed by atoms with Crippen molar-refractivity contribution in [2.24, 2.45) is 0 Å². The Labute approximate surface area is 108 Å². The predicted molar refractivity (Wildman–Crippen MR) is 76.5 cm³/mol. The Morgan fingerprint density at radius 2 is 2.17 bits per heavy atom. The molecule has 0 aliphatic heterocycles. The average Bonchev–Trinajstić information content (AvgIpc) is 2.71. The van der Waals surface area contributed by atoms with Gasteiger partial charge in [-0.2, -0.15) is 5.10 Å². The third-order valence-corrected chi connectivity index (χ3v) is 3.34. The van der Waals surface area contributed by atoms with E-state index in [9.17, 15) is 0 Å². The van der Waals surface area contributed by atoms with Crippen LogP contribution in [0.2, 0.25) is 0 Å². The summed E-state index contributed by atoms with van der Waals surface area (Å²) in [6.07, 6.45) is 2.30. The molecule has 1 aromatic heterocycles. The second-order valence-corrected chi connectivity index (χ2v) is 4.96. The van der Waals surface area contributed by atoms with E-state index in [1.54, 1.807) is 0 Å². The minimum absolute atomic E-state index is 0.454. The monoisotopic (exact) mass is 243 g/mol. The SMILES string of the molecule is CCCC(C)c1[nH]nc(N)c1-c1cccc(C)c1. The molecule has 3 nitrogen and oxygen atoms in total. The van der Waals surface area contributed by atoms with Crippen LogP contribution >= 0.6 is 0 Å². The van der Waals surface area contributed by atoms with Gasteiger partial charge in [0.15, 0.2) is 5.82 Å². The van der Waals surface area contributed by atoms with Crippen molar-refractivity contribution in [1.82, 2.24) is 10.2 Å². The Bertz CT molecular complexity index is 528. The normalized spacial score (nSPS) is 12.6. The summed E-state index contributed by atoms with van der Waals surface area (Å²) in [7, 11) is 0. The maximum atomic E-state index is 6.02. The van der Waals surface area contributed by atoms with Crippen molar-refractivity contribution in [3.05, 3.63) is 35.5 Å². The number of nitrogens with two attached hydrogens (primary N) is 1. The van der Waals surface area contributed by atoms with Crippen LogP contribution in [-0.4, -0.2) is 10.2 Å². The Morgan fingerprint density at radius 3 is 2.83 bits per heavy atom. The Kier molecular flexibility index (Phi) is 3.70. The highest BCUT2D eigenvalue weighted by Crippen LogP contribution is 2.34. The third kappa shape index (κ3) is 2.40. The Morgan fingerprint density at radius 1 is 1.39 bits per heavy atom. The molecule has 0 amide bonds. The van der Waals surface area contributed by atoms with Crippen molar-refractivity contribution < 1.29 is 0 Å². The van der Waals surface area contributed by atoms with Gasteiger partial charge in [-0.15, -0.1) is 0 Å². The van der Waals surface area contributed by atoms with Crippen LogP contribution in [0.5, 0.6) is 0 Å². The summed E-state index contributed by atoms with van der Waals surface area (Å²) in [6.45, 7) is 6.51. The van der Waals surface area contributed by atoms with Gasteiger partial charge in [0.1, 0.15) is 0 Å². The second-order valence-electron chi connectivity index (χ2n) is 4.96. The van der Waals surface area contributed by atoms with E-state index in [2.05, 4.69) is 55.2 Å². The highest BCUT2D eigenvalue weighted by atomic mass is 15.2. The smallest absolute Gasteiger partial charge is 0.153 e. The molecular formula is C15H21N3. The number of hydrogen-bond acceptors (Lipinski definition) is 2. The van der Waals surface area contributed by atoms with Crippen LogP contribution in [0.25, 0.3) is 11.1 Å². The first-order valence-electron chi connectivity index (χ1n) is 6.54. The number of aryl methyl sites for hydroxylation is 1. The number of nitrogens with one attached hydrogen (secondary N) is 1. The van der Waals surface area contributed by atoms with Gasteiger partial charge in [-0.1, -0.05) is 50.1 Å². The van der Waals surface area contributed by atoms with Crippen LogP contribution in [0, 0.1) is 6.92 Å². The maximum absolute atomic E-state index is 6.02. The highest BCUT2D eigenvalue weighted by Gasteiger charge is 2.17. The molecule has 0 radical (unpaired) electrons. The molecule has 1 heterocycles. The fourth-order valence-electron chi connectivity index (χ4n) is 2.41.